The second-order valence-corrected chi connectivity index (χ2v) is 4.55. The highest BCUT2D eigenvalue weighted by atomic mass is 16.3. The van der Waals surface area contributed by atoms with Gasteiger partial charge in [0.25, 0.3) is 0 Å². The highest BCUT2D eigenvalue weighted by molar-refractivity contribution is 5.95. The first kappa shape index (κ1) is 12.1. The molecule has 2 atom stereocenters. The fourth-order valence-electron chi connectivity index (χ4n) is 2.15. The number of hydrogen-bond donors (Lipinski definition) is 3. The Morgan fingerprint density at radius 1 is 1.59 bits per heavy atom. The molecule has 1 aliphatic heterocycles. The van der Waals surface area contributed by atoms with Gasteiger partial charge in [0.2, 0.25) is 5.91 Å². The first-order chi connectivity index (χ1) is 8.20. The summed E-state index contributed by atoms with van der Waals surface area (Å²) in [5, 5.41) is 15.1. The second kappa shape index (κ2) is 5.29. The molecule has 17 heavy (non-hydrogen) atoms. The van der Waals surface area contributed by atoms with Gasteiger partial charge in [-0.25, -0.2) is 0 Å². The molecule has 0 saturated carbocycles. The number of aliphatic hydroxyl groups is 1. The molecule has 0 bridgehead atoms. The van der Waals surface area contributed by atoms with Crippen molar-refractivity contribution in [1.29, 1.82) is 0 Å². The Kier molecular flexibility index (Phi) is 3.76. The number of carbonyl (C=O) groups excluding carboxylic acids is 1. The second-order valence-electron chi connectivity index (χ2n) is 4.55. The van der Waals surface area contributed by atoms with E-state index in [9.17, 15) is 4.79 Å². The lowest BCUT2D eigenvalue weighted by atomic mass is 10.0. The van der Waals surface area contributed by atoms with Gasteiger partial charge < -0.3 is 15.7 Å². The highest BCUT2D eigenvalue weighted by Crippen LogP contribution is 2.17. The number of anilines is 1. The predicted octanol–water partition coefficient (Wildman–Crippen LogP) is 1.12. The van der Waals surface area contributed by atoms with Crippen molar-refractivity contribution >= 4 is 11.6 Å². The van der Waals surface area contributed by atoms with E-state index in [4.69, 9.17) is 5.11 Å². The molecule has 1 heterocycles. The molecule has 0 radical (unpaired) electrons. The van der Waals surface area contributed by atoms with E-state index in [2.05, 4.69) is 17.6 Å². The third-order valence-corrected chi connectivity index (χ3v) is 3.19. The van der Waals surface area contributed by atoms with Crippen LogP contribution in [-0.2, 0) is 11.4 Å². The Morgan fingerprint density at radius 3 is 3.06 bits per heavy atom. The molecule has 1 saturated heterocycles. The fraction of sp³-hybridized carbons (Fsp3) is 0.462. The number of hydrogen-bond acceptors (Lipinski definition) is 3. The van der Waals surface area contributed by atoms with Gasteiger partial charge in [-0.05, 0) is 36.6 Å². The maximum absolute atomic E-state index is 12.0. The van der Waals surface area contributed by atoms with E-state index in [1.165, 1.54) is 0 Å². The summed E-state index contributed by atoms with van der Waals surface area (Å²) in [6, 6.07) is 7.17. The lowest BCUT2D eigenvalue weighted by Gasteiger charge is -2.15. The largest absolute Gasteiger partial charge is 0.392 e. The standard InChI is InChI=1S/C13H18N2O2/c1-9-5-6-14-12(9)13(17)15-11-4-2-3-10(7-11)8-16/h2-4,7,9,12,14,16H,5-6,8H2,1H3,(H,15,17). The zero-order chi connectivity index (χ0) is 12.3. The molecule has 4 heteroatoms. The lowest BCUT2D eigenvalue weighted by Crippen LogP contribution is -2.39. The molecule has 92 valence electrons. The van der Waals surface area contributed by atoms with Crippen LogP contribution < -0.4 is 10.6 Å². The summed E-state index contributed by atoms with van der Waals surface area (Å²) in [6.45, 7) is 2.96. The van der Waals surface area contributed by atoms with Crippen LogP contribution in [0.25, 0.3) is 0 Å². The zero-order valence-corrected chi connectivity index (χ0v) is 9.94. The van der Waals surface area contributed by atoms with E-state index in [1.807, 2.05) is 18.2 Å². The van der Waals surface area contributed by atoms with Crippen molar-refractivity contribution in [3.63, 3.8) is 0 Å². The van der Waals surface area contributed by atoms with Crippen molar-refractivity contribution < 1.29 is 9.90 Å². The van der Waals surface area contributed by atoms with Gasteiger partial charge in [0, 0.05) is 5.69 Å². The molecule has 4 nitrogen and oxygen atoms in total. The molecule has 1 aromatic carbocycles. The van der Waals surface area contributed by atoms with Crippen LogP contribution in [0.2, 0.25) is 0 Å². The average Bonchev–Trinajstić information content (AvgIpc) is 2.76. The van der Waals surface area contributed by atoms with Crippen LogP contribution >= 0.6 is 0 Å². The number of nitrogens with one attached hydrogen (secondary N) is 2. The Labute approximate surface area is 101 Å². The molecule has 0 aliphatic carbocycles. The quantitative estimate of drug-likeness (QED) is 0.734. The van der Waals surface area contributed by atoms with E-state index in [-0.39, 0.29) is 18.6 Å². The molecule has 1 aromatic rings. The fourth-order valence-corrected chi connectivity index (χ4v) is 2.15. The predicted molar refractivity (Wildman–Crippen MR) is 66.6 cm³/mol. The number of rotatable bonds is 3. The molecule has 0 spiro atoms. The molecule has 3 N–H and O–H groups in total. The van der Waals surface area contributed by atoms with Crippen molar-refractivity contribution in [2.75, 3.05) is 11.9 Å². The number of benzene rings is 1. The molecular formula is C13H18N2O2. The summed E-state index contributed by atoms with van der Waals surface area (Å²) in [4.78, 5) is 12.0. The van der Waals surface area contributed by atoms with Gasteiger partial charge in [-0.3, -0.25) is 4.79 Å². The Bertz CT molecular complexity index is 406. The maximum Gasteiger partial charge on any atom is 0.241 e. The van der Waals surface area contributed by atoms with E-state index < -0.39 is 0 Å². The maximum atomic E-state index is 12.0. The summed E-state index contributed by atoms with van der Waals surface area (Å²) in [5.74, 6) is 0.376. The van der Waals surface area contributed by atoms with E-state index in [0.29, 0.717) is 5.92 Å². The monoisotopic (exact) mass is 234 g/mol. The zero-order valence-electron chi connectivity index (χ0n) is 9.94. The summed E-state index contributed by atoms with van der Waals surface area (Å²) in [7, 11) is 0. The molecule has 2 unspecified atom stereocenters. The Morgan fingerprint density at radius 2 is 2.41 bits per heavy atom. The summed E-state index contributed by atoms with van der Waals surface area (Å²) in [6.07, 6.45) is 1.04. The van der Waals surface area contributed by atoms with Crippen LogP contribution in [0.15, 0.2) is 24.3 Å². The van der Waals surface area contributed by atoms with Gasteiger partial charge in [0.1, 0.15) is 0 Å². The van der Waals surface area contributed by atoms with Crippen molar-refractivity contribution in [1.82, 2.24) is 5.32 Å². The van der Waals surface area contributed by atoms with Gasteiger partial charge in [0.15, 0.2) is 0 Å². The third kappa shape index (κ3) is 2.84. The third-order valence-electron chi connectivity index (χ3n) is 3.19. The van der Waals surface area contributed by atoms with E-state index >= 15 is 0 Å². The molecular weight excluding hydrogens is 216 g/mol. The van der Waals surface area contributed by atoms with Gasteiger partial charge in [-0.15, -0.1) is 0 Å². The smallest absolute Gasteiger partial charge is 0.241 e. The first-order valence-corrected chi connectivity index (χ1v) is 5.95. The van der Waals surface area contributed by atoms with Gasteiger partial charge in [-0.2, -0.15) is 0 Å². The minimum Gasteiger partial charge on any atom is -0.392 e. The molecule has 1 fully saturated rings. The molecule has 2 rings (SSSR count). The number of carbonyl (C=O) groups is 1. The van der Waals surface area contributed by atoms with Crippen LogP contribution in [0.1, 0.15) is 18.9 Å². The Balaban J connectivity index is 2.02. The van der Waals surface area contributed by atoms with E-state index in [0.717, 1.165) is 24.2 Å². The summed E-state index contributed by atoms with van der Waals surface area (Å²) >= 11 is 0. The van der Waals surface area contributed by atoms with Crippen LogP contribution in [0, 0.1) is 5.92 Å². The van der Waals surface area contributed by atoms with Crippen LogP contribution in [0.3, 0.4) is 0 Å². The highest BCUT2D eigenvalue weighted by Gasteiger charge is 2.29. The molecule has 1 amide bonds. The van der Waals surface area contributed by atoms with Crippen LogP contribution in [0.4, 0.5) is 5.69 Å². The van der Waals surface area contributed by atoms with Crippen molar-refractivity contribution in [2.45, 2.75) is 26.0 Å². The normalized spacial score (nSPS) is 23.6. The van der Waals surface area contributed by atoms with Gasteiger partial charge in [0.05, 0.1) is 12.6 Å². The minimum atomic E-state index is -0.104. The first-order valence-electron chi connectivity index (χ1n) is 5.95. The van der Waals surface area contributed by atoms with Gasteiger partial charge >= 0.3 is 0 Å². The topological polar surface area (TPSA) is 61.4 Å². The van der Waals surface area contributed by atoms with Gasteiger partial charge in [-0.1, -0.05) is 19.1 Å². The van der Waals surface area contributed by atoms with Crippen molar-refractivity contribution in [3.05, 3.63) is 29.8 Å². The Hall–Kier alpha value is -1.39. The molecule has 1 aliphatic rings. The summed E-state index contributed by atoms with van der Waals surface area (Å²) < 4.78 is 0. The summed E-state index contributed by atoms with van der Waals surface area (Å²) in [5.41, 5.74) is 1.54. The molecule has 0 aromatic heterocycles. The number of aliphatic hydroxyl groups excluding tert-OH is 1. The van der Waals surface area contributed by atoms with Crippen molar-refractivity contribution in [3.8, 4) is 0 Å². The average molecular weight is 234 g/mol. The van der Waals surface area contributed by atoms with Crippen LogP contribution in [-0.4, -0.2) is 23.6 Å². The number of amides is 1. The van der Waals surface area contributed by atoms with Crippen molar-refractivity contribution in [2.24, 2.45) is 5.92 Å². The van der Waals surface area contributed by atoms with Crippen LogP contribution in [0.5, 0.6) is 0 Å². The lowest BCUT2D eigenvalue weighted by molar-refractivity contribution is -0.118. The van der Waals surface area contributed by atoms with E-state index in [1.54, 1.807) is 6.07 Å². The minimum absolute atomic E-state index is 0.00471. The SMILES string of the molecule is CC1CCNC1C(=O)Nc1cccc(CO)c1.